The number of rotatable bonds is 8. The van der Waals surface area contributed by atoms with E-state index < -0.39 is 0 Å². The van der Waals surface area contributed by atoms with Gasteiger partial charge in [0.1, 0.15) is 5.75 Å². The summed E-state index contributed by atoms with van der Waals surface area (Å²) >= 11 is 1.65. The van der Waals surface area contributed by atoms with Gasteiger partial charge in [-0.05, 0) is 30.7 Å². The molecule has 1 aromatic carbocycles. The maximum atomic E-state index is 5.34. The Labute approximate surface area is 172 Å². The van der Waals surface area contributed by atoms with Crippen molar-refractivity contribution in [3.63, 3.8) is 0 Å². The fourth-order valence-electron chi connectivity index (χ4n) is 2.82. The maximum Gasteiger partial charge on any atom is 0.226 e. The Kier molecular flexibility index (Phi) is 5.85. The van der Waals surface area contributed by atoms with E-state index in [0.29, 0.717) is 18.1 Å². The second kappa shape index (κ2) is 8.87. The molecule has 9 heteroatoms. The van der Waals surface area contributed by atoms with Crippen molar-refractivity contribution in [2.75, 3.05) is 12.9 Å². The van der Waals surface area contributed by atoms with Crippen molar-refractivity contribution in [2.24, 2.45) is 7.05 Å². The number of aryl methyl sites for hydroxylation is 1. The lowest BCUT2D eigenvalue weighted by Gasteiger charge is -2.05. The van der Waals surface area contributed by atoms with E-state index in [9.17, 15) is 0 Å². The summed E-state index contributed by atoms with van der Waals surface area (Å²) in [5, 5.41) is 13.5. The lowest BCUT2D eigenvalue weighted by atomic mass is 10.2. The van der Waals surface area contributed by atoms with Crippen LogP contribution in [0.3, 0.4) is 0 Å². The van der Waals surface area contributed by atoms with Crippen LogP contribution in [0.5, 0.6) is 5.75 Å². The normalized spacial score (nSPS) is 11.0. The molecule has 3 heterocycles. The smallest absolute Gasteiger partial charge is 0.226 e. The Hall–Kier alpha value is -3.20. The van der Waals surface area contributed by atoms with Gasteiger partial charge in [0.2, 0.25) is 11.7 Å². The molecule has 0 fully saturated rings. The lowest BCUT2D eigenvalue weighted by Crippen LogP contribution is -1.96. The third kappa shape index (κ3) is 4.45. The van der Waals surface area contributed by atoms with E-state index in [0.717, 1.165) is 40.0 Å². The third-order valence-electron chi connectivity index (χ3n) is 4.34. The first-order valence-electron chi connectivity index (χ1n) is 9.14. The van der Waals surface area contributed by atoms with Crippen LogP contribution in [0.2, 0.25) is 0 Å². The molecule has 148 valence electrons. The molecular formula is C20H20N6O2S. The van der Waals surface area contributed by atoms with Gasteiger partial charge in [-0.15, -0.1) is 10.2 Å². The zero-order valence-electron chi connectivity index (χ0n) is 16.1. The van der Waals surface area contributed by atoms with Gasteiger partial charge in [0.15, 0.2) is 11.0 Å². The van der Waals surface area contributed by atoms with Crippen LogP contribution in [0.1, 0.15) is 12.3 Å². The molecule has 0 unspecified atom stereocenters. The van der Waals surface area contributed by atoms with Gasteiger partial charge in [0, 0.05) is 42.7 Å². The van der Waals surface area contributed by atoms with E-state index in [4.69, 9.17) is 9.26 Å². The Bertz CT molecular complexity index is 1080. The zero-order valence-corrected chi connectivity index (χ0v) is 17.0. The van der Waals surface area contributed by atoms with Crippen LogP contribution in [0, 0.1) is 0 Å². The summed E-state index contributed by atoms with van der Waals surface area (Å²) in [6.45, 7) is 0. The maximum absolute atomic E-state index is 5.34. The summed E-state index contributed by atoms with van der Waals surface area (Å²) in [7, 11) is 3.62. The molecule has 29 heavy (non-hydrogen) atoms. The van der Waals surface area contributed by atoms with Crippen molar-refractivity contribution < 1.29 is 9.26 Å². The number of nitrogens with zero attached hydrogens (tertiary/aromatic N) is 6. The van der Waals surface area contributed by atoms with Crippen LogP contribution in [-0.2, 0) is 13.5 Å². The molecule has 3 aromatic heterocycles. The minimum absolute atomic E-state index is 0.589. The molecule has 4 aromatic rings. The van der Waals surface area contributed by atoms with E-state index in [-0.39, 0.29) is 0 Å². The van der Waals surface area contributed by atoms with Gasteiger partial charge in [0.05, 0.1) is 7.11 Å². The molecule has 4 rings (SSSR count). The van der Waals surface area contributed by atoms with Crippen LogP contribution in [0.15, 0.2) is 58.5 Å². The average Bonchev–Trinajstić information content (AvgIpc) is 3.39. The predicted octanol–water partition coefficient (Wildman–Crippen LogP) is 3.66. The van der Waals surface area contributed by atoms with Gasteiger partial charge in [-0.3, -0.25) is 4.98 Å². The zero-order chi connectivity index (χ0) is 20.1. The van der Waals surface area contributed by atoms with E-state index in [2.05, 4.69) is 25.3 Å². The number of pyridine rings is 1. The fourth-order valence-corrected chi connectivity index (χ4v) is 3.67. The number of hydrogen-bond donors (Lipinski definition) is 0. The second-order valence-corrected chi connectivity index (χ2v) is 7.36. The molecule has 0 saturated carbocycles. The minimum atomic E-state index is 0.589. The SMILES string of the molecule is COc1cccc(-c2nnc(SCCCc3nc(-c4ccncc4)no3)n2C)c1. The van der Waals surface area contributed by atoms with E-state index >= 15 is 0 Å². The summed E-state index contributed by atoms with van der Waals surface area (Å²) in [5.41, 5.74) is 1.87. The number of methoxy groups -OCH3 is 1. The fraction of sp³-hybridized carbons (Fsp3) is 0.250. The van der Waals surface area contributed by atoms with Crippen LogP contribution in [0.25, 0.3) is 22.8 Å². The quantitative estimate of drug-likeness (QED) is 0.322. The van der Waals surface area contributed by atoms with Gasteiger partial charge in [-0.2, -0.15) is 4.98 Å². The molecule has 0 aliphatic heterocycles. The van der Waals surface area contributed by atoms with Gasteiger partial charge in [-0.25, -0.2) is 0 Å². The summed E-state index contributed by atoms with van der Waals surface area (Å²) in [5.74, 6) is 3.70. The molecule has 0 saturated heterocycles. The molecule has 0 aliphatic rings. The first kappa shape index (κ1) is 19.1. The van der Waals surface area contributed by atoms with Gasteiger partial charge in [0.25, 0.3) is 0 Å². The van der Waals surface area contributed by atoms with Gasteiger partial charge in [-0.1, -0.05) is 29.1 Å². The summed E-state index contributed by atoms with van der Waals surface area (Å²) in [6.07, 6.45) is 5.03. The van der Waals surface area contributed by atoms with Crippen LogP contribution < -0.4 is 4.74 Å². The van der Waals surface area contributed by atoms with Crippen molar-refractivity contribution in [1.29, 1.82) is 0 Å². The van der Waals surface area contributed by atoms with Crippen molar-refractivity contribution >= 4 is 11.8 Å². The number of aromatic nitrogens is 6. The van der Waals surface area contributed by atoms with Crippen LogP contribution >= 0.6 is 11.8 Å². The number of hydrogen-bond acceptors (Lipinski definition) is 8. The molecular weight excluding hydrogens is 388 g/mol. The molecule has 0 radical (unpaired) electrons. The lowest BCUT2D eigenvalue weighted by molar-refractivity contribution is 0.378. The number of benzene rings is 1. The highest BCUT2D eigenvalue weighted by atomic mass is 32.2. The Morgan fingerprint density at radius 1 is 1.10 bits per heavy atom. The van der Waals surface area contributed by atoms with E-state index in [1.54, 1.807) is 31.3 Å². The topological polar surface area (TPSA) is 91.8 Å². The standard InChI is InChI=1S/C20H20N6O2S/c1-26-19(15-5-3-6-16(13-15)27-2)23-24-20(26)29-12-4-7-17-22-18(25-28-17)14-8-10-21-11-9-14/h3,5-6,8-11,13H,4,7,12H2,1-2H3. The molecule has 0 N–H and O–H groups in total. The van der Waals surface area contributed by atoms with Crippen molar-refractivity contribution in [3.8, 4) is 28.5 Å². The number of ether oxygens (including phenoxy) is 1. The Balaban J connectivity index is 1.32. The first-order chi connectivity index (χ1) is 14.2. The largest absolute Gasteiger partial charge is 0.497 e. The summed E-state index contributed by atoms with van der Waals surface area (Å²) < 4.78 is 12.6. The molecule has 0 aliphatic carbocycles. The Morgan fingerprint density at radius 2 is 1.97 bits per heavy atom. The van der Waals surface area contributed by atoms with Crippen molar-refractivity contribution in [3.05, 3.63) is 54.7 Å². The summed E-state index contributed by atoms with van der Waals surface area (Å²) in [4.78, 5) is 8.44. The highest BCUT2D eigenvalue weighted by Gasteiger charge is 2.13. The monoisotopic (exact) mass is 408 g/mol. The highest BCUT2D eigenvalue weighted by molar-refractivity contribution is 7.99. The van der Waals surface area contributed by atoms with Gasteiger partial charge >= 0.3 is 0 Å². The molecule has 0 bridgehead atoms. The second-order valence-electron chi connectivity index (χ2n) is 6.30. The molecule has 0 atom stereocenters. The summed E-state index contributed by atoms with van der Waals surface area (Å²) in [6, 6.07) is 11.5. The van der Waals surface area contributed by atoms with Crippen LogP contribution in [-0.4, -0.2) is 42.8 Å². The van der Waals surface area contributed by atoms with Gasteiger partial charge < -0.3 is 13.8 Å². The predicted molar refractivity (Wildman–Crippen MR) is 110 cm³/mol. The van der Waals surface area contributed by atoms with Crippen molar-refractivity contribution in [1.82, 2.24) is 29.9 Å². The van der Waals surface area contributed by atoms with E-state index in [1.165, 1.54) is 0 Å². The average molecular weight is 408 g/mol. The third-order valence-corrected chi connectivity index (χ3v) is 5.44. The molecule has 8 nitrogen and oxygen atoms in total. The minimum Gasteiger partial charge on any atom is -0.497 e. The first-order valence-corrected chi connectivity index (χ1v) is 10.1. The highest BCUT2D eigenvalue weighted by Crippen LogP contribution is 2.26. The van der Waals surface area contributed by atoms with Crippen molar-refractivity contribution in [2.45, 2.75) is 18.0 Å². The molecule has 0 spiro atoms. The molecule has 0 amide bonds. The number of thioether (sulfide) groups is 1. The van der Waals surface area contributed by atoms with Crippen LogP contribution in [0.4, 0.5) is 0 Å². The Morgan fingerprint density at radius 3 is 2.79 bits per heavy atom. The van der Waals surface area contributed by atoms with E-state index in [1.807, 2.05) is 48.0 Å².